The van der Waals surface area contributed by atoms with Gasteiger partial charge in [0.05, 0.1) is 29.8 Å². The fraction of sp³-hybridized carbons (Fsp3) is 0.303. The summed E-state index contributed by atoms with van der Waals surface area (Å²) in [7, 11) is 3.07. The van der Waals surface area contributed by atoms with Gasteiger partial charge in [-0.2, -0.15) is 5.10 Å². The molecule has 2 aromatic carbocycles. The van der Waals surface area contributed by atoms with E-state index in [0.29, 0.717) is 48.5 Å². The highest BCUT2D eigenvalue weighted by Crippen LogP contribution is 2.40. The molecule has 0 spiro atoms. The molecular formula is C33H34ClN5O5. The zero-order valence-electron chi connectivity index (χ0n) is 25.3. The van der Waals surface area contributed by atoms with Gasteiger partial charge in [-0.1, -0.05) is 48.0 Å². The highest BCUT2D eigenvalue weighted by molar-refractivity contribution is 6.36. The average molecular weight is 616 g/mol. The number of benzene rings is 2. The van der Waals surface area contributed by atoms with E-state index in [-0.39, 0.29) is 11.5 Å². The predicted molar refractivity (Wildman–Crippen MR) is 169 cm³/mol. The lowest BCUT2D eigenvalue weighted by atomic mass is 9.82. The van der Waals surface area contributed by atoms with Gasteiger partial charge in [-0.15, -0.1) is 0 Å². The van der Waals surface area contributed by atoms with Crippen molar-refractivity contribution < 1.29 is 19.1 Å². The minimum atomic E-state index is -0.520. The first kappa shape index (κ1) is 30.9. The number of nitrogens with zero attached hydrogens (tertiary/aromatic N) is 4. The van der Waals surface area contributed by atoms with Gasteiger partial charge >= 0.3 is 5.97 Å². The van der Waals surface area contributed by atoms with Crippen molar-refractivity contribution in [2.45, 2.75) is 27.3 Å². The normalized spacial score (nSPS) is 14.0. The molecule has 1 aliphatic heterocycles. The second-order valence-corrected chi connectivity index (χ2v) is 11.4. The molecule has 0 saturated carbocycles. The Morgan fingerprint density at radius 3 is 2.48 bits per heavy atom. The molecule has 0 atom stereocenters. The zero-order chi connectivity index (χ0) is 31.6. The molecule has 1 aliphatic rings. The summed E-state index contributed by atoms with van der Waals surface area (Å²) >= 11 is 7.01. The number of pyridine rings is 1. The van der Waals surface area contributed by atoms with Crippen molar-refractivity contribution in [3.05, 3.63) is 92.9 Å². The Balaban J connectivity index is 1.39. The van der Waals surface area contributed by atoms with Gasteiger partial charge in [0.25, 0.3) is 11.5 Å². The number of aromatic nitrogens is 3. The molecule has 0 bridgehead atoms. The first-order chi connectivity index (χ1) is 21.1. The molecule has 2 aromatic heterocycles. The molecule has 4 aromatic rings. The van der Waals surface area contributed by atoms with E-state index in [9.17, 15) is 14.4 Å². The van der Waals surface area contributed by atoms with Crippen molar-refractivity contribution in [3.8, 4) is 28.3 Å². The molecule has 0 radical (unpaired) electrons. The fourth-order valence-electron chi connectivity index (χ4n) is 5.51. The summed E-state index contributed by atoms with van der Waals surface area (Å²) in [4.78, 5) is 44.5. The number of hydrogen-bond acceptors (Lipinski definition) is 8. The van der Waals surface area contributed by atoms with Gasteiger partial charge in [0.2, 0.25) is 5.88 Å². The van der Waals surface area contributed by atoms with Crippen LogP contribution >= 0.6 is 11.6 Å². The number of ether oxygens (including phenoxy) is 2. The number of hydrogen-bond donors (Lipinski definition) is 1. The van der Waals surface area contributed by atoms with Crippen LogP contribution in [-0.2, 0) is 23.1 Å². The molecule has 1 saturated heterocycles. The smallest absolute Gasteiger partial charge is 0.314 e. The molecule has 44 heavy (non-hydrogen) atoms. The molecule has 228 valence electrons. The first-order valence-electron chi connectivity index (χ1n) is 14.2. The maximum atomic E-state index is 12.9. The number of rotatable bonds is 9. The number of carbonyl (C=O) groups excluding carboxylic acids is 2. The summed E-state index contributed by atoms with van der Waals surface area (Å²) < 4.78 is 12.0. The summed E-state index contributed by atoms with van der Waals surface area (Å²) in [6.45, 7) is 7.77. The molecule has 1 N–H and O–H groups in total. The number of carbonyl (C=O) groups is 2. The second kappa shape index (κ2) is 12.6. The largest absolute Gasteiger partial charge is 0.481 e. The molecule has 3 heterocycles. The summed E-state index contributed by atoms with van der Waals surface area (Å²) in [6.07, 6.45) is 1.41. The molecule has 1 fully saturated rings. The Morgan fingerprint density at radius 1 is 1.05 bits per heavy atom. The van der Waals surface area contributed by atoms with Gasteiger partial charge in [0.15, 0.2) is 0 Å². The number of methoxy groups -OCH3 is 1. The van der Waals surface area contributed by atoms with Gasteiger partial charge in [0.1, 0.15) is 5.56 Å². The van der Waals surface area contributed by atoms with Gasteiger partial charge in [-0.3, -0.25) is 19.3 Å². The molecule has 0 aliphatic carbocycles. The highest BCUT2D eigenvalue weighted by atomic mass is 35.5. The molecule has 0 unspecified atom stereocenters. The lowest BCUT2D eigenvalue weighted by Crippen LogP contribution is -2.58. The minimum Gasteiger partial charge on any atom is -0.481 e. The van der Waals surface area contributed by atoms with E-state index in [2.05, 4.69) is 15.3 Å². The summed E-state index contributed by atoms with van der Waals surface area (Å²) in [6, 6.07) is 16.5. The van der Waals surface area contributed by atoms with Crippen molar-refractivity contribution in [2.24, 2.45) is 12.5 Å². The van der Waals surface area contributed by atoms with Crippen LogP contribution < -0.4 is 15.6 Å². The van der Waals surface area contributed by atoms with Crippen LogP contribution in [0, 0.1) is 12.3 Å². The molecule has 11 heteroatoms. The molecular weight excluding hydrogens is 582 g/mol. The van der Waals surface area contributed by atoms with Crippen molar-refractivity contribution in [3.63, 3.8) is 0 Å². The Hall–Kier alpha value is -4.54. The summed E-state index contributed by atoms with van der Waals surface area (Å²) in [5, 5.41) is 7.22. The number of likely N-dealkylation sites (tertiary alicyclic amines) is 1. The van der Waals surface area contributed by atoms with Crippen molar-refractivity contribution in [1.82, 2.24) is 19.7 Å². The monoisotopic (exact) mass is 615 g/mol. The van der Waals surface area contributed by atoms with E-state index < -0.39 is 16.9 Å². The number of aryl methyl sites for hydroxylation is 1. The van der Waals surface area contributed by atoms with Crippen LogP contribution in [0.15, 0.2) is 65.6 Å². The maximum Gasteiger partial charge on any atom is 0.314 e. The third-order valence-electron chi connectivity index (χ3n) is 7.84. The Morgan fingerprint density at radius 2 is 1.75 bits per heavy atom. The van der Waals surface area contributed by atoms with Crippen LogP contribution in [0.5, 0.6) is 5.88 Å². The average Bonchev–Trinajstić information content (AvgIpc) is 2.99. The van der Waals surface area contributed by atoms with E-state index in [1.165, 1.54) is 19.3 Å². The van der Waals surface area contributed by atoms with Gasteiger partial charge in [-0.25, -0.2) is 9.67 Å². The van der Waals surface area contributed by atoms with E-state index in [4.69, 9.17) is 26.1 Å². The number of anilines is 1. The number of amides is 1. The van der Waals surface area contributed by atoms with Crippen molar-refractivity contribution in [1.29, 1.82) is 0 Å². The van der Waals surface area contributed by atoms with Crippen LogP contribution in [0.1, 0.15) is 35.3 Å². The summed E-state index contributed by atoms with van der Waals surface area (Å²) in [5.41, 5.74) is 4.22. The quantitative estimate of drug-likeness (QED) is 0.258. The van der Waals surface area contributed by atoms with Crippen LogP contribution in [0.25, 0.3) is 22.4 Å². The molecule has 5 rings (SSSR count). The van der Waals surface area contributed by atoms with E-state index in [0.717, 1.165) is 32.5 Å². The Bertz CT molecular complexity index is 1800. The lowest BCUT2D eigenvalue weighted by molar-refractivity contribution is -0.165. The van der Waals surface area contributed by atoms with Crippen LogP contribution in [0.4, 0.5) is 5.69 Å². The van der Waals surface area contributed by atoms with Gasteiger partial charge in [0, 0.05) is 55.3 Å². The molecule has 10 nitrogen and oxygen atoms in total. The topological polar surface area (TPSA) is 116 Å². The van der Waals surface area contributed by atoms with Crippen LogP contribution in [-0.4, -0.2) is 58.3 Å². The SMILES string of the molecule is CCOC(=O)C1(C)CN(Cc2ccc(-c3cccc(-c4cccc(NC(=O)c5ccnn(C)c5=O)c4C)c3Cl)nc2OC)C1. The number of nitrogens with one attached hydrogen (secondary N) is 1. The van der Waals surface area contributed by atoms with Gasteiger partial charge < -0.3 is 14.8 Å². The zero-order valence-corrected chi connectivity index (χ0v) is 26.1. The Labute approximate surface area is 260 Å². The van der Waals surface area contributed by atoms with Crippen LogP contribution in [0.3, 0.4) is 0 Å². The lowest BCUT2D eigenvalue weighted by Gasteiger charge is -2.45. The standard InChI is InChI=1S/C33H34ClN5O5/c1-6-44-32(42)33(3)18-39(19-33)17-21-13-14-27(37-30(21)43-5)24-11-7-10-23(28(24)34)22-9-8-12-26(20(22)2)36-29(40)25-15-16-35-38(4)31(25)41/h7-16H,6,17-19H2,1-5H3,(H,36,40). The highest BCUT2D eigenvalue weighted by Gasteiger charge is 2.46. The minimum absolute atomic E-state index is 0.00192. The second-order valence-electron chi connectivity index (χ2n) is 11.1. The van der Waals surface area contributed by atoms with Crippen LogP contribution in [0.2, 0.25) is 5.02 Å². The molecule has 1 amide bonds. The third kappa shape index (κ3) is 5.95. The third-order valence-corrected chi connectivity index (χ3v) is 8.24. The van der Waals surface area contributed by atoms with E-state index in [1.807, 2.05) is 63.2 Å². The number of halogens is 1. The first-order valence-corrected chi connectivity index (χ1v) is 14.6. The van der Waals surface area contributed by atoms with Crippen molar-refractivity contribution in [2.75, 3.05) is 32.1 Å². The van der Waals surface area contributed by atoms with Gasteiger partial charge in [-0.05, 0) is 50.1 Å². The van der Waals surface area contributed by atoms with E-state index in [1.54, 1.807) is 13.2 Å². The summed E-state index contributed by atoms with van der Waals surface area (Å²) in [5.74, 6) is -0.209. The predicted octanol–water partition coefficient (Wildman–Crippen LogP) is 5.12. The van der Waals surface area contributed by atoms with Crippen molar-refractivity contribution >= 4 is 29.2 Å². The Kier molecular flexibility index (Phi) is 8.85. The fourth-order valence-corrected chi connectivity index (χ4v) is 5.84. The maximum absolute atomic E-state index is 12.9. The number of esters is 1. The van der Waals surface area contributed by atoms with E-state index >= 15 is 0 Å².